The Hall–Kier alpha value is -0.120. The highest BCUT2D eigenvalue weighted by molar-refractivity contribution is 4.92. The maximum Gasteiger partial charge on any atom is 0.0589 e. The molecule has 2 rings (SSSR count). The fourth-order valence-corrected chi connectivity index (χ4v) is 3.01. The lowest BCUT2D eigenvalue weighted by atomic mass is 10.1. The average Bonchev–Trinajstić information content (AvgIpc) is 3.29. The van der Waals surface area contributed by atoms with Gasteiger partial charge in [-0.15, -0.1) is 0 Å². The molecule has 2 aliphatic carbocycles. The molecule has 0 bridgehead atoms. The molecule has 2 aliphatic rings. The van der Waals surface area contributed by atoms with Crippen LogP contribution in [0.1, 0.15) is 46.0 Å². The summed E-state index contributed by atoms with van der Waals surface area (Å²) in [5.41, 5.74) is 0. The normalized spacial score (nSPS) is 22.7. The van der Waals surface area contributed by atoms with E-state index in [-0.39, 0.29) is 0 Å². The Balaban J connectivity index is 1.84. The van der Waals surface area contributed by atoms with Crippen molar-refractivity contribution in [3.8, 4) is 0 Å². The Morgan fingerprint density at radius 2 is 1.89 bits per heavy atom. The van der Waals surface area contributed by atoms with Crippen molar-refractivity contribution in [2.45, 2.75) is 58.0 Å². The van der Waals surface area contributed by atoms with E-state index < -0.39 is 0 Å². The molecule has 0 heterocycles. The lowest BCUT2D eigenvalue weighted by Crippen LogP contribution is -2.47. The van der Waals surface area contributed by atoms with E-state index in [0.29, 0.717) is 6.04 Å². The maximum absolute atomic E-state index is 5.30. The molecule has 0 saturated heterocycles. The number of hydrogen-bond acceptors (Lipinski definition) is 3. The maximum atomic E-state index is 5.30. The highest BCUT2D eigenvalue weighted by Gasteiger charge is 2.36. The number of rotatable bonds is 11. The Bertz CT molecular complexity index is 251. The minimum atomic E-state index is 0.706. The fourth-order valence-electron chi connectivity index (χ4n) is 3.01. The summed E-state index contributed by atoms with van der Waals surface area (Å²) < 4.78 is 5.30. The molecule has 0 aliphatic heterocycles. The minimum absolute atomic E-state index is 0.706. The minimum Gasteiger partial charge on any atom is -0.383 e. The predicted octanol–water partition coefficient (Wildman–Crippen LogP) is 2.51. The zero-order valence-corrected chi connectivity index (χ0v) is 13.0. The first kappa shape index (κ1) is 15.3. The Kier molecular flexibility index (Phi) is 6.11. The standard InChI is InChI=1S/C16H32N2O/c1-4-9-17-16(15-7-8-15)12-18(10-11-19-3)13(2)14-5-6-14/h13-17H,4-12H2,1-3H3. The summed E-state index contributed by atoms with van der Waals surface area (Å²) in [6.45, 7) is 9.00. The molecule has 3 heteroatoms. The molecule has 2 atom stereocenters. The molecule has 3 nitrogen and oxygen atoms in total. The molecule has 2 fully saturated rings. The first-order valence-electron chi connectivity index (χ1n) is 8.22. The van der Waals surface area contributed by atoms with Crippen LogP contribution in [0.3, 0.4) is 0 Å². The van der Waals surface area contributed by atoms with Crippen molar-refractivity contribution < 1.29 is 4.74 Å². The van der Waals surface area contributed by atoms with E-state index in [1.54, 1.807) is 0 Å². The summed E-state index contributed by atoms with van der Waals surface area (Å²) >= 11 is 0. The fraction of sp³-hybridized carbons (Fsp3) is 1.00. The number of ether oxygens (including phenoxy) is 1. The van der Waals surface area contributed by atoms with Crippen LogP contribution in [0, 0.1) is 11.8 Å². The predicted molar refractivity (Wildman–Crippen MR) is 80.4 cm³/mol. The van der Waals surface area contributed by atoms with E-state index >= 15 is 0 Å². The second kappa shape index (κ2) is 7.61. The molecule has 2 saturated carbocycles. The van der Waals surface area contributed by atoms with Crippen molar-refractivity contribution in [3.05, 3.63) is 0 Å². The topological polar surface area (TPSA) is 24.5 Å². The van der Waals surface area contributed by atoms with Crippen LogP contribution < -0.4 is 5.32 Å². The van der Waals surface area contributed by atoms with Gasteiger partial charge in [-0.25, -0.2) is 0 Å². The molecule has 0 aromatic carbocycles. The second-order valence-corrected chi connectivity index (χ2v) is 6.46. The lowest BCUT2D eigenvalue weighted by Gasteiger charge is -2.33. The molecule has 112 valence electrons. The Morgan fingerprint density at radius 3 is 2.42 bits per heavy atom. The number of nitrogens with one attached hydrogen (secondary N) is 1. The van der Waals surface area contributed by atoms with Gasteiger partial charge in [-0.05, 0) is 57.4 Å². The van der Waals surface area contributed by atoms with Crippen molar-refractivity contribution in [1.82, 2.24) is 10.2 Å². The van der Waals surface area contributed by atoms with Crippen LogP contribution in [-0.4, -0.2) is 50.3 Å². The second-order valence-electron chi connectivity index (χ2n) is 6.46. The zero-order valence-electron chi connectivity index (χ0n) is 13.0. The van der Waals surface area contributed by atoms with Gasteiger partial charge in [0.05, 0.1) is 6.61 Å². The first-order valence-corrected chi connectivity index (χ1v) is 8.22. The van der Waals surface area contributed by atoms with E-state index in [1.807, 2.05) is 7.11 Å². The van der Waals surface area contributed by atoms with Crippen LogP contribution in [0.2, 0.25) is 0 Å². The molecule has 0 radical (unpaired) electrons. The van der Waals surface area contributed by atoms with Crippen molar-refractivity contribution in [2.75, 3.05) is 33.4 Å². The van der Waals surface area contributed by atoms with Gasteiger partial charge in [0.25, 0.3) is 0 Å². The average molecular weight is 268 g/mol. The van der Waals surface area contributed by atoms with Crippen LogP contribution in [0.15, 0.2) is 0 Å². The monoisotopic (exact) mass is 268 g/mol. The molecule has 0 amide bonds. The largest absolute Gasteiger partial charge is 0.383 e. The molecule has 0 aromatic heterocycles. The van der Waals surface area contributed by atoms with Crippen molar-refractivity contribution in [1.29, 1.82) is 0 Å². The highest BCUT2D eigenvalue weighted by atomic mass is 16.5. The van der Waals surface area contributed by atoms with Crippen LogP contribution >= 0.6 is 0 Å². The molecule has 1 N–H and O–H groups in total. The first-order chi connectivity index (χ1) is 9.26. The smallest absolute Gasteiger partial charge is 0.0589 e. The van der Waals surface area contributed by atoms with E-state index in [1.165, 1.54) is 38.6 Å². The van der Waals surface area contributed by atoms with E-state index in [0.717, 1.165) is 37.6 Å². The van der Waals surface area contributed by atoms with Gasteiger partial charge >= 0.3 is 0 Å². The summed E-state index contributed by atoms with van der Waals surface area (Å²) in [5.74, 6) is 1.88. The molecular weight excluding hydrogens is 236 g/mol. The summed E-state index contributed by atoms with van der Waals surface area (Å²) in [5, 5.41) is 3.77. The van der Waals surface area contributed by atoms with Crippen LogP contribution in [0.25, 0.3) is 0 Å². The zero-order chi connectivity index (χ0) is 13.7. The third-order valence-electron chi connectivity index (χ3n) is 4.74. The summed E-state index contributed by atoms with van der Waals surface area (Å²) in [6, 6.07) is 1.44. The Labute approximate surface area is 119 Å². The van der Waals surface area contributed by atoms with Crippen molar-refractivity contribution >= 4 is 0 Å². The van der Waals surface area contributed by atoms with Gasteiger partial charge in [0, 0.05) is 32.3 Å². The highest BCUT2D eigenvalue weighted by Crippen LogP contribution is 2.37. The van der Waals surface area contributed by atoms with Gasteiger partial charge in [0.1, 0.15) is 0 Å². The third-order valence-corrected chi connectivity index (χ3v) is 4.74. The van der Waals surface area contributed by atoms with Gasteiger partial charge < -0.3 is 10.1 Å². The van der Waals surface area contributed by atoms with Crippen LogP contribution in [0.5, 0.6) is 0 Å². The molecule has 19 heavy (non-hydrogen) atoms. The van der Waals surface area contributed by atoms with Crippen molar-refractivity contribution in [3.63, 3.8) is 0 Å². The number of nitrogens with zero attached hydrogens (tertiary/aromatic N) is 1. The van der Waals surface area contributed by atoms with Crippen LogP contribution in [-0.2, 0) is 4.74 Å². The number of methoxy groups -OCH3 is 1. The van der Waals surface area contributed by atoms with E-state index in [2.05, 4.69) is 24.1 Å². The van der Waals surface area contributed by atoms with Gasteiger partial charge in [-0.2, -0.15) is 0 Å². The summed E-state index contributed by atoms with van der Waals surface area (Å²) in [4.78, 5) is 2.67. The van der Waals surface area contributed by atoms with Gasteiger partial charge in [0.2, 0.25) is 0 Å². The van der Waals surface area contributed by atoms with Crippen LogP contribution in [0.4, 0.5) is 0 Å². The third kappa shape index (κ3) is 5.05. The SMILES string of the molecule is CCCNC(CN(CCOC)C(C)C1CC1)C1CC1. The van der Waals surface area contributed by atoms with E-state index in [4.69, 9.17) is 4.74 Å². The molecule has 0 spiro atoms. The molecular formula is C16H32N2O. The van der Waals surface area contributed by atoms with Gasteiger partial charge in [-0.1, -0.05) is 6.92 Å². The number of hydrogen-bond donors (Lipinski definition) is 1. The van der Waals surface area contributed by atoms with Gasteiger partial charge in [0.15, 0.2) is 0 Å². The van der Waals surface area contributed by atoms with E-state index in [9.17, 15) is 0 Å². The molecule has 0 aromatic rings. The van der Waals surface area contributed by atoms with Gasteiger partial charge in [-0.3, -0.25) is 4.90 Å². The van der Waals surface area contributed by atoms with Crippen molar-refractivity contribution in [2.24, 2.45) is 11.8 Å². The summed E-state index contributed by atoms with van der Waals surface area (Å²) in [7, 11) is 1.81. The quantitative estimate of drug-likeness (QED) is 0.623. The lowest BCUT2D eigenvalue weighted by molar-refractivity contribution is 0.105. The Morgan fingerprint density at radius 1 is 1.21 bits per heavy atom. The summed E-state index contributed by atoms with van der Waals surface area (Å²) in [6.07, 6.45) is 6.95. The molecule has 2 unspecified atom stereocenters.